The number of thiazole rings is 1. The third-order valence-corrected chi connectivity index (χ3v) is 8.95. The van der Waals surface area contributed by atoms with Gasteiger partial charge in [-0.3, -0.25) is 9.78 Å². The van der Waals surface area contributed by atoms with Gasteiger partial charge in [-0.15, -0.1) is 22.7 Å². The van der Waals surface area contributed by atoms with Crippen LogP contribution < -0.4 is 21.3 Å². The van der Waals surface area contributed by atoms with Gasteiger partial charge in [-0.05, 0) is 49.9 Å². The van der Waals surface area contributed by atoms with E-state index in [4.69, 9.17) is 4.98 Å². The van der Waals surface area contributed by atoms with Gasteiger partial charge < -0.3 is 21.3 Å². The van der Waals surface area contributed by atoms with Crippen molar-refractivity contribution in [1.82, 2.24) is 25.9 Å². The molecule has 3 aromatic heterocycles. The standard InChI is InChI=1S/C22H26N6OS2/c29-18(5-8-25-20-12-1-2-14(20)26-9-12)28-22-19(13-3-6-24-11-17(13)31-22)21-27-15-10-23-7-4-16(15)30-21/h4,7,10,12,14,20,24-26H,1-3,5-6,8-9,11H2,(H,28,29)/t12?,14?,20-/m1/s1. The maximum atomic E-state index is 12.8. The number of carbonyl (C=O) groups excluding carboxylic acids is 1. The van der Waals surface area contributed by atoms with E-state index in [0.29, 0.717) is 18.5 Å². The van der Waals surface area contributed by atoms with Gasteiger partial charge in [-0.25, -0.2) is 4.98 Å². The number of aromatic nitrogens is 2. The molecule has 1 amide bonds. The molecule has 3 aliphatic rings. The first-order chi connectivity index (χ1) is 15.3. The number of pyridine rings is 1. The highest BCUT2D eigenvalue weighted by Crippen LogP contribution is 2.44. The van der Waals surface area contributed by atoms with E-state index in [1.165, 1.54) is 23.3 Å². The Morgan fingerprint density at radius 3 is 3.06 bits per heavy atom. The van der Waals surface area contributed by atoms with Gasteiger partial charge in [0.05, 0.1) is 10.9 Å². The quantitative estimate of drug-likeness (QED) is 0.458. The Morgan fingerprint density at radius 2 is 2.26 bits per heavy atom. The van der Waals surface area contributed by atoms with Crippen LogP contribution in [0.1, 0.15) is 29.7 Å². The fourth-order valence-electron chi connectivity index (χ4n) is 5.23. The van der Waals surface area contributed by atoms with Crippen LogP contribution in [0, 0.1) is 5.92 Å². The van der Waals surface area contributed by atoms with Crippen LogP contribution in [0.4, 0.5) is 5.00 Å². The summed E-state index contributed by atoms with van der Waals surface area (Å²) in [5.41, 5.74) is 3.36. The lowest BCUT2D eigenvalue weighted by molar-refractivity contribution is -0.116. The maximum absolute atomic E-state index is 12.8. The number of piperidine rings is 1. The van der Waals surface area contributed by atoms with Gasteiger partial charge in [0.1, 0.15) is 15.5 Å². The molecule has 6 rings (SSSR count). The lowest BCUT2D eigenvalue weighted by Gasteiger charge is -2.16. The summed E-state index contributed by atoms with van der Waals surface area (Å²) in [4.78, 5) is 23.2. The minimum Gasteiger partial charge on any atom is -0.317 e. The van der Waals surface area contributed by atoms with E-state index in [2.05, 4.69) is 26.3 Å². The molecule has 0 aromatic carbocycles. The molecule has 1 saturated carbocycles. The van der Waals surface area contributed by atoms with Crippen molar-refractivity contribution in [2.75, 3.05) is 25.0 Å². The Morgan fingerprint density at radius 1 is 1.29 bits per heavy atom. The maximum Gasteiger partial charge on any atom is 0.226 e. The van der Waals surface area contributed by atoms with Gasteiger partial charge in [-0.2, -0.15) is 0 Å². The van der Waals surface area contributed by atoms with Crippen LogP contribution in [0.15, 0.2) is 18.5 Å². The second kappa shape index (κ2) is 8.22. The molecule has 2 bridgehead atoms. The van der Waals surface area contributed by atoms with E-state index in [1.807, 2.05) is 12.3 Å². The lowest BCUT2D eigenvalue weighted by Crippen LogP contribution is -2.40. The van der Waals surface area contributed by atoms with E-state index < -0.39 is 0 Å². The van der Waals surface area contributed by atoms with Crippen LogP contribution in [0.25, 0.3) is 20.8 Å². The van der Waals surface area contributed by atoms with E-state index in [0.717, 1.165) is 64.3 Å². The van der Waals surface area contributed by atoms with Crippen molar-refractivity contribution in [3.8, 4) is 10.6 Å². The monoisotopic (exact) mass is 454 g/mol. The fraction of sp³-hybridized carbons (Fsp3) is 0.500. The molecule has 2 unspecified atom stereocenters. The van der Waals surface area contributed by atoms with Gasteiger partial charge in [0.25, 0.3) is 0 Å². The predicted octanol–water partition coefficient (Wildman–Crippen LogP) is 2.73. The summed E-state index contributed by atoms with van der Waals surface area (Å²) in [5, 5.41) is 15.8. The Kier molecular flexibility index (Phi) is 5.23. The van der Waals surface area contributed by atoms with Gasteiger partial charge in [0.2, 0.25) is 5.91 Å². The first-order valence-electron chi connectivity index (χ1n) is 11.1. The van der Waals surface area contributed by atoms with Crippen LogP contribution >= 0.6 is 22.7 Å². The fourth-order valence-corrected chi connectivity index (χ4v) is 7.54. The Bertz CT molecular complexity index is 1070. The summed E-state index contributed by atoms with van der Waals surface area (Å²) < 4.78 is 1.13. The average molecular weight is 455 g/mol. The predicted molar refractivity (Wildman–Crippen MR) is 126 cm³/mol. The zero-order valence-electron chi connectivity index (χ0n) is 17.2. The molecular formula is C22H26N6OS2. The molecule has 162 valence electrons. The number of fused-ring (bicyclic) bond motifs is 4. The smallest absolute Gasteiger partial charge is 0.226 e. The molecule has 0 spiro atoms. The Hall–Kier alpha value is -1.91. The second-order valence-electron chi connectivity index (χ2n) is 8.63. The molecular weight excluding hydrogens is 428 g/mol. The van der Waals surface area contributed by atoms with Gasteiger partial charge in [0, 0.05) is 48.2 Å². The number of thiophene rings is 1. The van der Waals surface area contributed by atoms with Crippen LogP contribution in [0.5, 0.6) is 0 Å². The minimum atomic E-state index is 0.0707. The number of nitrogens with one attached hydrogen (secondary N) is 4. The Balaban J connectivity index is 1.20. The third-order valence-electron chi connectivity index (χ3n) is 6.75. The summed E-state index contributed by atoms with van der Waals surface area (Å²) in [7, 11) is 0. The van der Waals surface area contributed by atoms with E-state index in [-0.39, 0.29) is 5.91 Å². The molecule has 0 radical (unpaired) electrons. The lowest BCUT2D eigenvalue weighted by atomic mass is 10.0. The number of hydrogen-bond acceptors (Lipinski definition) is 8. The van der Waals surface area contributed by atoms with Crippen LogP contribution in [-0.4, -0.2) is 47.6 Å². The summed E-state index contributed by atoms with van der Waals surface area (Å²) in [5.74, 6) is 0.797. The zero-order chi connectivity index (χ0) is 20.8. The first-order valence-corrected chi connectivity index (χ1v) is 12.7. The number of hydrogen-bond donors (Lipinski definition) is 4. The van der Waals surface area contributed by atoms with Crippen LogP contribution in [0.2, 0.25) is 0 Å². The number of carbonyl (C=O) groups is 1. The van der Waals surface area contributed by atoms with Crippen molar-refractivity contribution < 1.29 is 4.79 Å². The molecule has 7 nitrogen and oxygen atoms in total. The van der Waals surface area contributed by atoms with Gasteiger partial charge in [-0.1, -0.05) is 0 Å². The summed E-state index contributed by atoms with van der Waals surface area (Å²) in [6.07, 6.45) is 7.62. The van der Waals surface area contributed by atoms with Crippen molar-refractivity contribution in [3.63, 3.8) is 0 Å². The van der Waals surface area contributed by atoms with Crippen molar-refractivity contribution in [2.45, 2.75) is 44.3 Å². The molecule has 2 fully saturated rings. The van der Waals surface area contributed by atoms with Crippen LogP contribution in [-0.2, 0) is 17.8 Å². The summed E-state index contributed by atoms with van der Waals surface area (Å²) >= 11 is 3.37. The van der Waals surface area contributed by atoms with Crippen molar-refractivity contribution in [2.24, 2.45) is 5.92 Å². The third kappa shape index (κ3) is 3.68. The van der Waals surface area contributed by atoms with Crippen LogP contribution in [0.3, 0.4) is 0 Å². The highest BCUT2D eigenvalue weighted by molar-refractivity contribution is 7.22. The SMILES string of the molecule is O=C(CCN[C@@H]1C2CCC1NC2)Nc1sc2c(c1-c1nc3cnccc3s1)CCNC2. The molecule has 1 saturated heterocycles. The normalized spacial score (nSPS) is 24.6. The summed E-state index contributed by atoms with van der Waals surface area (Å²) in [6, 6.07) is 3.12. The highest BCUT2D eigenvalue weighted by atomic mass is 32.1. The number of amides is 1. The molecule has 31 heavy (non-hydrogen) atoms. The van der Waals surface area contributed by atoms with Crippen molar-refractivity contribution in [1.29, 1.82) is 0 Å². The van der Waals surface area contributed by atoms with E-state index in [9.17, 15) is 4.79 Å². The highest BCUT2D eigenvalue weighted by Gasteiger charge is 2.40. The number of nitrogens with zero attached hydrogens (tertiary/aromatic N) is 2. The molecule has 4 N–H and O–H groups in total. The number of anilines is 1. The average Bonchev–Trinajstić information content (AvgIpc) is 3.54. The molecule has 3 aromatic rings. The molecule has 5 heterocycles. The first kappa shape index (κ1) is 19.8. The number of rotatable bonds is 6. The van der Waals surface area contributed by atoms with E-state index in [1.54, 1.807) is 28.9 Å². The second-order valence-corrected chi connectivity index (χ2v) is 10.8. The van der Waals surface area contributed by atoms with Crippen molar-refractivity contribution >= 4 is 43.8 Å². The van der Waals surface area contributed by atoms with Gasteiger partial charge >= 0.3 is 0 Å². The van der Waals surface area contributed by atoms with E-state index >= 15 is 0 Å². The molecule has 1 aliphatic carbocycles. The Labute approximate surface area is 189 Å². The van der Waals surface area contributed by atoms with Crippen molar-refractivity contribution in [3.05, 3.63) is 28.9 Å². The summed E-state index contributed by atoms with van der Waals surface area (Å²) in [6.45, 7) is 3.65. The van der Waals surface area contributed by atoms with Gasteiger partial charge in [0.15, 0.2) is 0 Å². The zero-order valence-corrected chi connectivity index (χ0v) is 18.9. The molecule has 9 heteroatoms. The molecule has 3 atom stereocenters. The topological polar surface area (TPSA) is 91.0 Å². The molecule has 2 aliphatic heterocycles. The minimum absolute atomic E-state index is 0.0707. The largest absolute Gasteiger partial charge is 0.317 e.